The van der Waals surface area contributed by atoms with E-state index in [1.165, 1.54) is 24.3 Å². The van der Waals surface area contributed by atoms with Crippen LogP contribution in [0.4, 0.5) is 15.8 Å². The summed E-state index contributed by atoms with van der Waals surface area (Å²) in [5.74, 6) is -0.557. The van der Waals surface area contributed by atoms with Crippen molar-refractivity contribution in [1.82, 2.24) is 0 Å². The number of nitro benzene ring substituents is 1. The number of aliphatic hydroxyl groups excluding tert-OH is 1. The minimum atomic E-state index is -3.76. The molecule has 0 unspecified atom stereocenters. The molecule has 0 spiro atoms. The number of nitrogens with zero attached hydrogens (tertiary/aromatic N) is 1. The summed E-state index contributed by atoms with van der Waals surface area (Å²) in [6.07, 6.45) is 0.103. The van der Waals surface area contributed by atoms with Crippen molar-refractivity contribution in [2.75, 3.05) is 11.6 Å². The number of anilines is 1. The van der Waals surface area contributed by atoms with Crippen LogP contribution in [0.2, 0.25) is 0 Å². The number of aliphatic hydroxyl groups is 1. The van der Waals surface area contributed by atoms with Crippen molar-refractivity contribution >= 4 is 21.2 Å². The first-order chi connectivity index (χ1) is 12.1. The topological polar surface area (TPSA) is 110 Å². The fourth-order valence-corrected chi connectivity index (χ4v) is 3.44. The van der Waals surface area contributed by atoms with E-state index in [4.69, 9.17) is 0 Å². The molecule has 0 saturated heterocycles. The van der Waals surface area contributed by atoms with Gasteiger partial charge < -0.3 is 10.4 Å². The molecule has 2 atom stereocenters. The van der Waals surface area contributed by atoms with Gasteiger partial charge in [-0.15, -0.1) is 0 Å². The van der Waals surface area contributed by atoms with Gasteiger partial charge in [0.05, 0.1) is 11.0 Å². The number of hydrogen-bond acceptors (Lipinski definition) is 6. The summed E-state index contributed by atoms with van der Waals surface area (Å²) in [5, 5.41) is 24.6. The summed E-state index contributed by atoms with van der Waals surface area (Å²) in [6, 6.07) is 8.77. The SMILES string of the molecule is CC[C@H](Nc1ccc(S(C)(=O)=O)c([N+](=O)[O-])c1)[C@H](O)c1ccccc1F. The van der Waals surface area contributed by atoms with Crippen LogP contribution in [0.25, 0.3) is 0 Å². The van der Waals surface area contributed by atoms with Crippen LogP contribution in [0, 0.1) is 15.9 Å². The third-order valence-corrected chi connectivity index (χ3v) is 5.10. The molecule has 0 fully saturated rings. The molecule has 0 aliphatic heterocycles. The number of rotatable bonds is 7. The van der Waals surface area contributed by atoms with Crippen LogP contribution in [0.15, 0.2) is 47.4 Å². The highest BCUT2D eigenvalue weighted by molar-refractivity contribution is 7.90. The Labute approximate surface area is 150 Å². The first kappa shape index (κ1) is 19.8. The molecule has 2 aromatic carbocycles. The molecule has 2 N–H and O–H groups in total. The van der Waals surface area contributed by atoms with Gasteiger partial charge in [0.15, 0.2) is 9.84 Å². The molecule has 0 radical (unpaired) electrons. The van der Waals surface area contributed by atoms with Crippen molar-refractivity contribution in [3.63, 3.8) is 0 Å². The lowest BCUT2D eigenvalue weighted by atomic mass is 9.99. The number of nitrogens with one attached hydrogen (secondary N) is 1. The smallest absolute Gasteiger partial charge is 0.290 e. The minimum absolute atomic E-state index is 0.106. The van der Waals surface area contributed by atoms with E-state index in [0.717, 1.165) is 18.4 Å². The predicted molar refractivity (Wildman–Crippen MR) is 95.3 cm³/mol. The summed E-state index contributed by atoms with van der Waals surface area (Å²) in [5.41, 5.74) is -0.201. The molecule has 7 nitrogen and oxygen atoms in total. The van der Waals surface area contributed by atoms with Gasteiger partial charge in [0.2, 0.25) is 0 Å². The second kappa shape index (κ2) is 7.79. The van der Waals surface area contributed by atoms with Crippen molar-refractivity contribution in [2.45, 2.75) is 30.4 Å². The fraction of sp³-hybridized carbons (Fsp3) is 0.294. The largest absolute Gasteiger partial charge is 0.386 e. The molecule has 0 aliphatic carbocycles. The number of hydrogen-bond donors (Lipinski definition) is 2. The van der Waals surface area contributed by atoms with Crippen molar-refractivity contribution in [3.8, 4) is 0 Å². The number of nitro groups is 1. The highest BCUT2D eigenvalue weighted by Crippen LogP contribution is 2.30. The van der Waals surface area contributed by atoms with Gasteiger partial charge in [0.25, 0.3) is 5.69 Å². The summed E-state index contributed by atoms with van der Waals surface area (Å²) in [6.45, 7) is 1.76. The van der Waals surface area contributed by atoms with Crippen LogP contribution in [0.5, 0.6) is 0 Å². The van der Waals surface area contributed by atoms with Gasteiger partial charge >= 0.3 is 0 Å². The molecule has 0 saturated carbocycles. The lowest BCUT2D eigenvalue weighted by Gasteiger charge is -2.24. The molecule has 0 aliphatic rings. The van der Waals surface area contributed by atoms with E-state index in [2.05, 4.69) is 5.32 Å². The van der Waals surface area contributed by atoms with Crippen LogP contribution >= 0.6 is 0 Å². The fourth-order valence-electron chi connectivity index (χ4n) is 2.61. The Morgan fingerprint density at radius 2 is 1.92 bits per heavy atom. The molecule has 9 heteroatoms. The standard InChI is InChI=1S/C17H19FN2O5S/c1-3-14(17(21)12-6-4-5-7-13(12)18)19-11-8-9-16(26(2,24)25)15(10-11)20(22)23/h4-10,14,17,19,21H,3H2,1-2H3/t14-,17+/m0/s1. The molecule has 0 bridgehead atoms. The molecule has 0 heterocycles. The van der Waals surface area contributed by atoms with Gasteiger partial charge in [-0.1, -0.05) is 25.1 Å². The van der Waals surface area contributed by atoms with Crippen LogP contribution in [0.3, 0.4) is 0 Å². The summed E-state index contributed by atoms with van der Waals surface area (Å²) in [4.78, 5) is 10.0. The molecule has 0 aromatic heterocycles. The Balaban J connectivity index is 2.35. The Hall–Kier alpha value is -2.52. The average molecular weight is 382 g/mol. The Morgan fingerprint density at radius 1 is 1.27 bits per heavy atom. The van der Waals surface area contributed by atoms with Crippen molar-refractivity contribution in [2.24, 2.45) is 0 Å². The first-order valence-corrected chi connectivity index (χ1v) is 9.71. The third kappa shape index (κ3) is 4.36. The maximum atomic E-state index is 13.9. The van der Waals surface area contributed by atoms with Gasteiger partial charge in [-0.2, -0.15) is 0 Å². The molecule has 0 amide bonds. The van der Waals surface area contributed by atoms with Crippen LogP contribution < -0.4 is 5.32 Å². The predicted octanol–water partition coefficient (Wildman–Crippen LogP) is 3.06. The average Bonchev–Trinajstić information content (AvgIpc) is 2.58. The molecular weight excluding hydrogens is 363 g/mol. The lowest BCUT2D eigenvalue weighted by Crippen LogP contribution is -2.27. The quantitative estimate of drug-likeness (QED) is 0.563. The summed E-state index contributed by atoms with van der Waals surface area (Å²) < 4.78 is 37.2. The molecule has 2 aromatic rings. The molecule has 140 valence electrons. The molecule has 26 heavy (non-hydrogen) atoms. The van der Waals surface area contributed by atoms with Crippen molar-refractivity contribution in [1.29, 1.82) is 0 Å². The maximum Gasteiger partial charge on any atom is 0.290 e. The van der Waals surface area contributed by atoms with Gasteiger partial charge in [0.1, 0.15) is 16.8 Å². The monoisotopic (exact) mass is 382 g/mol. The highest BCUT2D eigenvalue weighted by Gasteiger charge is 2.25. The van der Waals surface area contributed by atoms with Gasteiger partial charge in [-0.3, -0.25) is 10.1 Å². The zero-order chi connectivity index (χ0) is 19.5. The van der Waals surface area contributed by atoms with E-state index >= 15 is 0 Å². The maximum absolute atomic E-state index is 13.9. The van der Waals surface area contributed by atoms with Crippen LogP contribution in [0.1, 0.15) is 25.0 Å². The normalized spacial score (nSPS) is 13.8. The Morgan fingerprint density at radius 3 is 2.46 bits per heavy atom. The summed E-state index contributed by atoms with van der Waals surface area (Å²) in [7, 11) is -3.76. The van der Waals surface area contributed by atoms with Gasteiger partial charge in [-0.05, 0) is 24.6 Å². The van der Waals surface area contributed by atoms with Crippen LogP contribution in [-0.2, 0) is 9.84 Å². The zero-order valence-corrected chi connectivity index (χ0v) is 15.0. The first-order valence-electron chi connectivity index (χ1n) is 7.82. The van der Waals surface area contributed by atoms with E-state index in [0.29, 0.717) is 6.42 Å². The zero-order valence-electron chi connectivity index (χ0n) is 14.2. The number of sulfone groups is 1. The van der Waals surface area contributed by atoms with E-state index in [-0.39, 0.29) is 11.3 Å². The van der Waals surface area contributed by atoms with E-state index < -0.39 is 43.3 Å². The van der Waals surface area contributed by atoms with E-state index in [1.807, 2.05) is 0 Å². The van der Waals surface area contributed by atoms with Crippen molar-refractivity contribution in [3.05, 3.63) is 64.0 Å². The second-order valence-electron chi connectivity index (χ2n) is 5.84. The molecular formula is C17H19FN2O5S. The minimum Gasteiger partial charge on any atom is -0.386 e. The number of halogens is 1. The van der Waals surface area contributed by atoms with Gasteiger partial charge in [-0.25, -0.2) is 12.8 Å². The van der Waals surface area contributed by atoms with Crippen molar-refractivity contribution < 1.29 is 22.8 Å². The van der Waals surface area contributed by atoms with E-state index in [9.17, 15) is 28.0 Å². The summed E-state index contributed by atoms with van der Waals surface area (Å²) >= 11 is 0. The van der Waals surface area contributed by atoms with Crippen LogP contribution in [-0.4, -0.2) is 30.7 Å². The highest BCUT2D eigenvalue weighted by atomic mass is 32.2. The Kier molecular flexibility index (Phi) is 5.94. The molecule has 2 rings (SSSR count). The Bertz CT molecular complexity index is 917. The second-order valence-corrected chi connectivity index (χ2v) is 7.82. The van der Waals surface area contributed by atoms with Gasteiger partial charge in [0, 0.05) is 23.6 Å². The van der Waals surface area contributed by atoms with E-state index in [1.54, 1.807) is 13.0 Å². The lowest BCUT2D eigenvalue weighted by molar-refractivity contribution is -0.387. The third-order valence-electron chi connectivity index (χ3n) is 3.95. The number of benzene rings is 2.